The second kappa shape index (κ2) is 10.1. The highest BCUT2D eigenvalue weighted by Crippen LogP contribution is 2.31. The number of benzene rings is 2. The van der Waals surface area contributed by atoms with Gasteiger partial charge in [0.05, 0.1) is 25.6 Å². The topological polar surface area (TPSA) is 106 Å². The number of anilines is 1. The molecule has 0 aliphatic carbocycles. The third kappa shape index (κ3) is 5.73. The molecule has 0 unspecified atom stereocenters. The smallest absolute Gasteiger partial charge is 0.262 e. The van der Waals surface area contributed by atoms with Crippen molar-refractivity contribution < 1.29 is 24.1 Å². The molecule has 8 heteroatoms. The Morgan fingerprint density at radius 1 is 1.14 bits per heavy atom. The van der Waals surface area contributed by atoms with E-state index in [4.69, 9.17) is 19.3 Å². The summed E-state index contributed by atoms with van der Waals surface area (Å²) in [5, 5.41) is 18.5. The van der Waals surface area contributed by atoms with Crippen LogP contribution in [-0.2, 0) is 4.79 Å². The minimum absolute atomic E-state index is 0.0253. The van der Waals surface area contributed by atoms with Crippen LogP contribution in [0, 0.1) is 0 Å². The fourth-order valence-electron chi connectivity index (χ4n) is 2.61. The van der Waals surface area contributed by atoms with Crippen LogP contribution in [0.3, 0.4) is 0 Å². The Labute approximate surface area is 168 Å². The van der Waals surface area contributed by atoms with E-state index >= 15 is 0 Å². The first kappa shape index (κ1) is 20.2. The monoisotopic (exact) mass is 397 g/mol. The van der Waals surface area contributed by atoms with Gasteiger partial charge in [-0.1, -0.05) is 12.1 Å². The first-order valence-corrected chi connectivity index (χ1v) is 9.13. The van der Waals surface area contributed by atoms with Gasteiger partial charge in [0.2, 0.25) is 0 Å². The standard InChI is InChI=1S/C21H23N3O5/c1-27-17-4-2-5-18(11-17)29-14-21(26)24-19-7-6-15(16-12-22-23-13-16)10-20(19)28-9-3-8-25/h2,4-7,10-13,25H,3,8-9,14H2,1H3,(H,22,23)(H,24,26). The van der Waals surface area contributed by atoms with Crippen LogP contribution in [0.5, 0.6) is 17.2 Å². The van der Waals surface area contributed by atoms with Crippen LogP contribution < -0.4 is 19.5 Å². The maximum absolute atomic E-state index is 12.4. The number of rotatable bonds is 10. The Bertz CT molecular complexity index is 928. The predicted octanol–water partition coefficient (Wildman–Crippen LogP) is 2.86. The molecule has 0 radical (unpaired) electrons. The number of aromatic amines is 1. The molecule has 0 aliphatic heterocycles. The summed E-state index contributed by atoms with van der Waals surface area (Å²) in [5.41, 5.74) is 2.31. The van der Waals surface area contributed by atoms with E-state index in [9.17, 15) is 4.79 Å². The molecule has 3 aromatic rings. The Morgan fingerprint density at radius 3 is 2.76 bits per heavy atom. The van der Waals surface area contributed by atoms with E-state index in [1.807, 2.05) is 12.1 Å². The summed E-state index contributed by atoms with van der Waals surface area (Å²) in [7, 11) is 1.57. The molecular formula is C21H23N3O5. The fraction of sp³-hybridized carbons (Fsp3) is 0.238. The van der Waals surface area contributed by atoms with E-state index in [2.05, 4.69) is 15.5 Å². The van der Waals surface area contributed by atoms with E-state index < -0.39 is 0 Å². The van der Waals surface area contributed by atoms with Crippen molar-refractivity contribution in [2.75, 3.05) is 32.2 Å². The summed E-state index contributed by atoms with van der Waals surface area (Å²) in [5.74, 6) is 1.37. The van der Waals surface area contributed by atoms with E-state index in [1.54, 1.807) is 49.8 Å². The molecular weight excluding hydrogens is 374 g/mol. The van der Waals surface area contributed by atoms with Gasteiger partial charge in [-0.2, -0.15) is 5.10 Å². The van der Waals surface area contributed by atoms with E-state index in [-0.39, 0.29) is 19.1 Å². The van der Waals surface area contributed by atoms with Crippen molar-refractivity contribution in [3.05, 3.63) is 54.9 Å². The highest BCUT2D eigenvalue weighted by Gasteiger charge is 2.12. The van der Waals surface area contributed by atoms with Crippen molar-refractivity contribution in [2.24, 2.45) is 0 Å². The summed E-state index contributed by atoms with van der Waals surface area (Å²) in [6, 6.07) is 12.5. The van der Waals surface area contributed by atoms with Gasteiger partial charge in [0.1, 0.15) is 17.2 Å². The number of nitrogens with one attached hydrogen (secondary N) is 2. The molecule has 8 nitrogen and oxygen atoms in total. The first-order valence-electron chi connectivity index (χ1n) is 9.13. The Morgan fingerprint density at radius 2 is 2.00 bits per heavy atom. The quantitative estimate of drug-likeness (QED) is 0.454. The van der Waals surface area contributed by atoms with Crippen molar-refractivity contribution in [3.8, 4) is 28.4 Å². The number of carbonyl (C=O) groups excluding carboxylic acids is 1. The van der Waals surface area contributed by atoms with Gasteiger partial charge in [-0.05, 0) is 29.8 Å². The molecule has 2 aromatic carbocycles. The SMILES string of the molecule is COc1cccc(OCC(=O)Nc2ccc(-c3cn[nH]c3)cc2OCCCO)c1. The van der Waals surface area contributed by atoms with E-state index in [0.29, 0.717) is 36.0 Å². The average Bonchev–Trinajstić information content (AvgIpc) is 3.28. The van der Waals surface area contributed by atoms with Crippen molar-refractivity contribution in [1.82, 2.24) is 10.2 Å². The minimum atomic E-state index is -0.323. The number of amides is 1. The summed E-state index contributed by atoms with van der Waals surface area (Å²) in [4.78, 5) is 12.4. The molecule has 152 valence electrons. The van der Waals surface area contributed by atoms with E-state index in [0.717, 1.165) is 11.1 Å². The molecule has 3 N–H and O–H groups in total. The van der Waals surface area contributed by atoms with E-state index in [1.165, 1.54) is 0 Å². The van der Waals surface area contributed by atoms with Crippen LogP contribution in [0.4, 0.5) is 5.69 Å². The van der Waals surface area contributed by atoms with Gasteiger partial charge in [0, 0.05) is 30.9 Å². The first-order chi connectivity index (χ1) is 14.2. The highest BCUT2D eigenvalue weighted by molar-refractivity contribution is 5.93. The highest BCUT2D eigenvalue weighted by atomic mass is 16.5. The molecule has 1 heterocycles. The maximum Gasteiger partial charge on any atom is 0.262 e. The number of nitrogens with zero attached hydrogens (tertiary/aromatic N) is 1. The van der Waals surface area contributed by atoms with Gasteiger partial charge < -0.3 is 24.6 Å². The number of carbonyl (C=O) groups is 1. The van der Waals surface area contributed by atoms with Gasteiger partial charge in [-0.15, -0.1) is 0 Å². The van der Waals surface area contributed by atoms with Gasteiger partial charge in [-0.25, -0.2) is 0 Å². The molecule has 0 fully saturated rings. The lowest BCUT2D eigenvalue weighted by Gasteiger charge is -2.14. The maximum atomic E-state index is 12.4. The average molecular weight is 397 g/mol. The number of methoxy groups -OCH3 is 1. The number of ether oxygens (including phenoxy) is 3. The van der Waals surface area contributed by atoms with Gasteiger partial charge in [-0.3, -0.25) is 9.89 Å². The molecule has 29 heavy (non-hydrogen) atoms. The van der Waals surface area contributed by atoms with Crippen molar-refractivity contribution in [1.29, 1.82) is 0 Å². The van der Waals surface area contributed by atoms with Gasteiger partial charge in [0.25, 0.3) is 5.91 Å². The summed E-state index contributed by atoms with van der Waals surface area (Å²) in [6.45, 7) is 0.193. The molecule has 1 amide bonds. The second-order valence-electron chi connectivity index (χ2n) is 6.14. The third-order valence-corrected chi connectivity index (χ3v) is 4.06. The summed E-state index contributed by atoms with van der Waals surface area (Å²) < 4.78 is 16.4. The zero-order valence-corrected chi connectivity index (χ0v) is 16.1. The molecule has 1 aromatic heterocycles. The molecule has 0 saturated carbocycles. The molecule has 0 spiro atoms. The largest absolute Gasteiger partial charge is 0.497 e. The normalized spacial score (nSPS) is 10.4. The summed E-state index contributed by atoms with van der Waals surface area (Å²) in [6.07, 6.45) is 3.96. The van der Waals surface area contributed by atoms with Crippen LogP contribution in [0.25, 0.3) is 11.1 Å². The van der Waals surface area contributed by atoms with Gasteiger partial charge in [0.15, 0.2) is 6.61 Å². The van der Waals surface area contributed by atoms with Crippen LogP contribution in [0.15, 0.2) is 54.9 Å². The van der Waals surface area contributed by atoms with Crippen molar-refractivity contribution >= 4 is 11.6 Å². The number of aliphatic hydroxyl groups excluding tert-OH is 1. The number of hydrogen-bond donors (Lipinski definition) is 3. The van der Waals surface area contributed by atoms with Gasteiger partial charge >= 0.3 is 0 Å². The number of H-pyrrole nitrogens is 1. The van der Waals surface area contributed by atoms with Crippen LogP contribution in [0.1, 0.15) is 6.42 Å². The Balaban J connectivity index is 1.68. The predicted molar refractivity (Wildman–Crippen MR) is 108 cm³/mol. The Kier molecular flexibility index (Phi) is 7.07. The Hall–Kier alpha value is -3.52. The zero-order chi connectivity index (χ0) is 20.5. The lowest BCUT2D eigenvalue weighted by Crippen LogP contribution is -2.20. The van der Waals surface area contributed by atoms with Crippen LogP contribution in [-0.4, -0.2) is 48.1 Å². The molecule has 3 rings (SSSR count). The minimum Gasteiger partial charge on any atom is -0.497 e. The third-order valence-electron chi connectivity index (χ3n) is 4.06. The van der Waals surface area contributed by atoms with Crippen LogP contribution in [0.2, 0.25) is 0 Å². The number of aliphatic hydroxyl groups is 1. The lowest BCUT2D eigenvalue weighted by molar-refractivity contribution is -0.118. The summed E-state index contributed by atoms with van der Waals surface area (Å²) >= 11 is 0. The molecule has 0 aliphatic rings. The second-order valence-corrected chi connectivity index (χ2v) is 6.14. The zero-order valence-electron chi connectivity index (χ0n) is 16.1. The number of aromatic nitrogens is 2. The molecule has 0 bridgehead atoms. The van der Waals surface area contributed by atoms with Crippen molar-refractivity contribution in [3.63, 3.8) is 0 Å². The molecule has 0 saturated heterocycles. The lowest BCUT2D eigenvalue weighted by atomic mass is 10.1. The van der Waals surface area contributed by atoms with Crippen LogP contribution >= 0.6 is 0 Å². The fourth-order valence-corrected chi connectivity index (χ4v) is 2.61. The molecule has 0 atom stereocenters. The van der Waals surface area contributed by atoms with Crippen molar-refractivity contribution in [2.45, 2.75) is 6.42 Å². The number of hydrogen-bond acceptors (Lipinski definition) is 6.